The molecule has 0 aliphatic rings. The molecule has 0 fully saturated rings. The zero-order chi connectivity index (χ0) is 4.99. The van der Waals surface area contributed by atoms with Crippen LogP contribution in [-0.4, -0.2) is 7.05 Å². The standard InChI is InChI=1S/C5H11N/c1-4-5(2)6-3/h6H,2,4H2,1,3H3. The maximum absolute atomic E-state index is 3.68. The highest BCUT2D eigenvalue weighted by molar-refractivity contribution is 4.86. The molecule has 1 heteroatoms. The van der Waals surface area contributed by atoms with Gasteiger partial charge in [-0.3, -0.25) is 0 Å². The molecule has 1 nitrogen and oxygen atoms in total. The van der Waals surface area contributed by atoms with E-state index in [0.717, 1.165) is 12.1 Å². The first-order valence-corrected chi connectivity index (χ1v) is 2.16. The quantitative estimate of drug-likeness (QED) is 0.530. The molecule has 0 amide bonds. The van der Waals surface area contributed by atoms with E-state index in [1.54, 1.807) is 0 Å². The van der Waals surface area contributed by atoms with Crippen LogP contribution in [0, 0.1) is 0 Å². The van der Waals surface area contributed by atoms with E-state index in [2.05, 4.69) is 18.8 Å². The lowest BCUT2D eigenvalue weighted by atomic mass is 10.4. The minimum absolute atomic E-state index is 1.02. The number of hydrogen-bond donors (Lipinski definition) is 1. The van der Waals surface area contributed by atoms with Gasteiger partial charge in [0.15, 0.2) is 0 Å². The lowest BCUT2D eigenvalue weighted by Gasteiger charge is -1.94. The van der Waals surface area contributed by atoms with Crippen LogP contribution < -0.4 is 5.32 Å². The number of rotatable bonds is 2. The maximum atomic E-state index is 3.68. The lowest BCUT2D eigenvalue weighted by molar-refractivity contribution is 0.908. The summed E-state index contributed by atoms with van der Waals surface area (Å²) < 4.78 is 0. The molecule has 0 saturated carbocycles. The van der Waals surface area contributed by atoms with Crippen molar-refractivity contribution in [1.82, 2.24) is 5.32 Å². The first kappa shape index (κ1) is 5.54. The van der Waals surface area contributed by atoms with Gasteiger partial charge in [-0.05, 0) is 6.42 Å². The normalized spacial score (nSPS) is 7.67. The third-order valence-corrected chi connectivity index (χ3v) is 0.780. The summed E-state index contributed by atoms with van der Waals surface area (Å²) in [5.41, 5.74) is 1.09. The van der Waals surface area contributed by atoms with Gasteiger partial charge in [0.1, 0.15) is 0 Å². The molecule has 0 aromatic heterocycles. The van der Waals surface area contributed by atoms with Crippen molar-refractivity contribution in [3.63, 3.8) is 0 Å². The van der Waals surface area contributed by atoms with Gasteiger partial charge in [0.05, 0.1) is 0 Å². The Hall–Kier alpha value is -0.460. The highest BCUT2D eigenvalue weighted by atomic mass is 14.8. The monoisotopic (exact) mass is 85.1 g/mol. The Morgan fingerprint density at radius 1 is 1.83 bits per heavy atom. The van der Waals surface area contributed by atoms with Crippen molar-refractivity contribution in [2.45, 2.75) is 13.3 Å². The molecule has 0 aliphatic carbocycles. The molecule has 0 heterocycles. The Kier molecular flexibility index (Phi) is 2.55. The van der Waals surface area contributed by atoms with Crippen LogP contribution in [0.25, 0.3) is 0 Å². The SMILES string of the molecule is C=C(CC)NC. The summed E-state index contributed by atoms with van der Waals surface area (Å²) in [6.45, 7) is 5.75. The smallest absolute Gasteiger partial charge is 0.00300 e. The van der Waals surface area contributed by atoms with Gasteiger partial charge < -0.3 is 5.32 Å². The third-order valence-electron chi connectivity index (χ3n) is 0.780. The fourth-order valence-corrected chi connectivity index (χ4v) is 0.177. The average molecular weight is 85.1 g/mol. The van der Waals surface area contributed by atoms with E-state index >= 15 is 0 Å². The minimum Gasteiger partial charge on any atom is -0.392 e. The maximum Gasteiger partial charge on any atom is 0.00300 e. The van der Waals surface area contributed by atoms with Gasteiger partial charge in [-0.25, -0.2) is 0 Å². The molecule has 0 aliphatic heterocycles. The van der Waals surface area contributed by atoms with E-state index in [0.29, 0.717) is 0 Å². The Morgan fingerprint density at radius 2 is 2.33 bits per heavy atom. The van der Waals surface area contributed by atoms with E-state index < -0.39 is 0 Å². The molecule has 0 aromatic carbocycles. The topological polar surface area (TPSA) is 12.0 Å². The summed E-state index contributed by atoms with van der Waals surface area (Å²) in [6.07, 6.45) is 1.02. The van der Waals surface area contributed by atoms with Crippen molar-refractivity contribution in [3.8, 4) is 0 Å². The fourth-order valence-electron chi connectivity index (χ4n) is 0.177. The van der Waals surface area contributed by atoms with Gasteiger partial charge >= 0.3 is 0 Å². The molecule has 0 bridgehead atoms. The molecule has 0 atom stereocenters. The second kappa shape index (κ2) is 2.76. The van der Waals surface area contributed by atoms with Crippen molar-refractivity contribution in [1.29, 1.82) is 0 Å². The van der Waals surface area contributed by atoms with Crippen LogP contribution in [0.1, 0.15) is 13.3 Å². The third kappa shape index (κ3) is 1.82. The van der Waals surface area contributed by atoms with E-state index in [1.807, 2.05) is 7.05 Å². The Morgan fingerprint density at radius 3 is 2.33 bits per heavy atom. The molecule has 0 rings (SSSR count). The van der Waals surface area contributed by atoms with E-state index in [9.17, 15) is 0 Å². The van der Waals surface area contributed by atoms with Crippen molar-refractivity contribution >= 4 is 0 Å². The van der Waals surface area contributed by atoms with Crippen LogP contribution in [0.5, 0.6) is 0 Å². The molecular weight excluding hydrogens is 74.1 g/mol. The second-order valence-corrected chi connectivity index (χ2v) is 1.21. The van der Waals surface area contributed by atoms with Gasteiger partial charge in [0, 0.05) is 12.7 Å². The first-order chi connectivity index (χ1) is 2.81. The van der Waals surface area contributed by atoms with Crippen molar-refractivity contribution in [2.24, 2.45) is 0 Å². The fraction of sp³-hybridized carbons (Fsp3) is 0.600. The second-order valence-electron chi connectivity index (χ2n) is 1.21. The average Bonchev–Trinajstić information content (AvgIpc) is 1.65. The molecule has 1 N–H and O–H groups in total. The van der Waals surface area contributed by atoms with Crippen LogP contribution >= 0.6 is 0 Å². The van der Waals surface area contributed by atoms with E-state index in [-0.39, 0.29) is 0 Å². The molecule has 6 heavy (non-hydrogen) atoms. The van der Waals surface area contributed by atoms with Crippen molar-refractivity contribution in [3.05, 3.63) is 12.3 Å². The molecule has 0 aromatic rings. The summed E-state index contributed by atoms with van der Waals surface area (Å²) >= 11 is 0. The van der Waals surface area contributed by atoms with Gasteiger partial charge in [-0.2, -0.15) is 0 Å². The first-order valence-electron chi connectivity index (χ1n) is 2.16. The van der Waals surface area contributed by atoms with Crippen LogP contribution in [0.4, 0.5) is 0 Å². The number of nitrogens with one attached hydrogen (secondary N) is 1. The molecule has 0 saturated heterocycles. The van der Waals surface area contributed by atoms with Crippen molar-refractivity contribution < 1.29 is 0 Å². The van der Waals surface area contributed by atoms with Crippen LogP contribution in [0.3, 0.4) is 0 Å². The summed E-state index contributed by atoms with van der Waals surface area (Å²) in [6, 6.07) is 0. The summed E-state index contributed by atoms with van der Waals surface area (Å²) in [5, 5.41) is 2.92. The molecule has 0 spiro atoms. The molecule has 36 valence electrons. The largest absolute Gasteiger partial charge is 0.392 e. The van der Waals surface area contributed by atoms with Gasteiger partial charge in [-0.15, -0.1) is 0 Å². The molecule has 0 unspecified atom stereocenters. The predicted octanol–water partition coefficient (Wildman–Crippen LogP) is 1.13. The summed E-state index contributed by atoms with van der Waals surface area (Å²) in [7, 11) is 1.88. The number of hydrogen-bond acceptors (Lipinski definition) is 1. The minimum atomic E-state index is 1.02. The zero-order valence-electron chi connectivity index (χ0n) is 4.41. The van der Waals surface area contributed by atoms with E-state index in [1.165, 1.54) is 0 Å². The Labute approximate surface area is 39.1 Å². The molecular formula is C5H11N. The zero-order valence-corrected chi connectivity index (χ0v) is 4.41. The summed E-state index contributed by atoms with van der Waals surface area (Å²) in [5.74, 6) is 0. The van der Waals surface area contributed by atoms with Gasteiger partial charge in [0.2, 0.25) is 0 Å². The Balaban J connectivity index is 2.99. The van der Waals surface area contributed by atoms with Crippen LogP contribution in [0.15, 0.2) is 12.3 Å². The van der Waals surface area contributed by atoms with Gasteiger partial charge in [-0.1, -0.05) is 13.5 Å². The highest BCUT2D eigenvalue weighted by Crippen LogP contribution is 1.84. The van der Waals surface area contributed by atoms with E-state index in [4.69, 9.17) is 0 Å². The van der Waals surface area contributed by atoms with Crippen LogP contribution in [-0.2, 0) is 0 Å². The predicted molar refractivity (Wildman–Crippen MR) is 28.5 cm³/mol. The summed E-state index contributed by atoms with van der Waals surface area (Å²) in [4.78, 5) is 0. The number of allylic oxidation sites excluding steroid dienone is 1. The lowest BCUT2D eigenvalue weighted by Crippen LogP contribution is -2.01. The van der Waals surface area contributed by atoms with Crippen molar-refractivity contribution in [2.75, 3.05) is 7.05 Å². The molecule has 0 radical (unpaired) electrons. The Bertz CT molecular complexity index is 41.9. The van der Waals surface area contributed by atoms with Crippen LogP contribution in [0.2, 0.25) is 0 Å². The van der Waals surface area contributed by atoms with Gasteiger partial charge in [0.25, 0.3) is 0 Å². The highest BCUT2D eigenvalue weighted by Gasteiger charge is 1.75.